The average Bonchev–Trinajstić information content (AvgIpc) is 3.55. The van der Waals surface area contributed by atoms with Crippen LogP contribution >= 0.6 is 23.2 Å². The molecule has 4 N–H and O–H groups in total. The molecule has 1 amide bonds. The van der Waals surface area contributed by atoms with Crippen molar-refractivity contribution in [2.45, 2.75) is 88.3 Å². The highest BCUT2D eigenvalue weighted by Crippen LogP contribution is 2.58. The molecule has 274 valence electrons. The maximum Gasteiger partial charge on any atom is 0.333 e. The fourth-order valence-corrected chi connectivity index (χ4v) is 9.34. The zero-order valence-electron chi connectivity index (χ0n) is 29.3. The molecule has 2 aromatic carbocycles. The molecular formula is C39H46Cl2FN3O6. The molecule has 1 saturated heterocycles. The van der Waals surface area contributed by atoms with E-state index in [0.29, 0.717) is 43.1 Å². The first kappa shape index (κ1) is 37.2. The fourth-order valence-electron chi connectivity index (χ4n) is 8.99. The van der Waals surface area contributed by atoms with Crippen LogP contribution in [0, 0.1) is 23.1 Å². The number of fused-ring (bicyclic) bond motifs is 2. The quantitative estimate of drug-likeness (QED) is 0.215. The lowest BCUT2D eigenvalue weighted by molar-refractivity contribution is -0.146. The second kappa shape index (κ2) is 14.1. The zero-order chi connectivity index (χ0) is 36.9. The molecule has 1 spiro atoms. The van der Waals surface area contributed by atoms with E-state index in [-0.39, 0.29) is 40.3 Å². The van der Waals surface area contributed by atoms with Gasteiger partial charge in [-0.3, -0.25) is 9.59 Å². The minimum absolute atomic E-state index is 0.0745. The number of nitrogens with zero attached hydrogens (tertiary/aromatic N) is 1. The number of benzene rings is 2. The molecule has 5 atom stereocenters. The van der Waals surface area contributed by atoms with Crippen LogP contribution in [0.2, 0.25) is 10.0 Å². The van der Waals surface area contributed by atoms with Crippen LogP contribution in [0.1, 0.15) is 76.3 Å². The number of allylic oxidation sites excluding steroid dienone is 2. The number of anilines is 1. The van der Waals surface area contributed by atoms with Gasteiger partial charge in [0, 0.05) is 47.6 Å². The van der Waals surface area contributed by atoms with Gasteiger partial charge in [-0.25, -0.2) is 9.18 Å². The molecule has 0 bridgehead atoms. The molecular weight excluding hydrogens is 696 g/mol. The maximum atomic E-state index is 16.5. The SMILES string of the molecule is COC1=CC=CC(NC(=O)[C@@H]2N[C@@H](CC(C)(C)C)[C@@]3(CN(CC4CCC(C(=O)O)CC4)c4cc(Cl)ccc43)[C@H]2c2cccc(Cl)c2F)(C(=O)O)C1. The molecule has 0 aromatic heterocycles. The van der Waals surface area contributed by atoms with Crippen molar-refractivity contribution < 1.29 is 33.7 Å². The first-order chi connectivity index (χ1) is 24.1. The van der Waals surface area contributed by atoms with Crippen molar-refractivity contribution in [3.63, 3.8) is 0 Å². The number of carbonyl (C=O) groups excluding carboxylic acids is 1. The Hall–Kier alpha value is -3.60. The van der Waals surface area contributed by atoms with Crippen molar-refractivity contribution in [3.05, 3.63) is 87.4 Å². The summed E-state index contributed by atoms with van der Waals surface area (Å²) in [5, 5.41) is 27.0. The minimum Gasteiger partial charge on any atom is -0.501 e. The number of methoxy groups -OCH3 is 1. The van der Waals surface area contributed by atoms with Gasteiger partial charge in [-0.05, 0) is 84.9 Å². The van der Waals surface area contributed by atoms with Crippen LogP contribution in [0.25, 0.3) is 0 Å². The number of ether oxygens (including phenoxy) is 1. The largest absolute Gasteiger partial charge is 0.501 e. The predicted octanol–water partition coefficient (Wildman–Crippen LogP) is 7.07. The van der Waals surface area contributed by atoms with E-state index in [1.165, 1.54) is 19.3 Å². The molecule has 2 aromatic rings. The van der Waals surface area contributed by atoms with Crippen molar-refractivity contribution in [2.75, 3.05) is 25.1 Å². The van der Waals surface area contributed by atoms with Crippen LogP contribution in [-0.2, 0) is 24.5 Å². The number of rotatable bonds is 9. The van der Waals surface area contributed by atoms with E-state index in [9.17, 15) is 24.6 Å². The fraction of sp³-hybridized carbons (Fsp3) is 0.513. The molecule has 51 heavy (non-hydrogen) atoms. The molecule has 6 rings (SSSR count). The number of hydrogen-bond acceptors (Lipinski definition) is 6. The molecule has 9 nitrogen and oxygen atoms in total. The van der Waals surface area contributed by atoms with E-state index in [2.05, 4.69) is 36.3 Å². The van der Waals surface area contributed by atoms with Gasteiger partial charge in [0.15, 0.2) is 5.54 Å². The smallest absolute Gasteiger partial charge is 0.333 e. The third kappa shape index (κ3) is 6.99. The summed E-state index contributed by atoms with van der Waals surface area (Å²) in [6.07, 6.45) is 7.89. The lowest BCUT2D eigenvalue weighted by atomic mass is 9.63. The molecule has 2 fully saturated rings. The highest BCUT2D eigenvalue weighted by molar-refractivity contribution is 6.31. The molecule has 1 saturated carbocycles. The molecule has 2 aliphatic heterocycles. The topological polar surface area (TPSA) is 128 Å². The number of amides is 1. The van der Waals surface area contributed by atoms with Crippen LogP contribution in [-0.4, -0.2) is 65.9 Å². The summed E-state index contributed by atoms with van der Waals surface area (Å²) in [5.74, 6) is -3.75. The minimum atomic E-state index is -1.78. The van der Waals surface area contributed by atoms with E-state index in [4.69, 9.17) is 27.9 Å². The standard InChI is InChI=1S/C39H46Cl2FN3O6/c1-37(2,3)19-30-39(21-45(29-17-24(40)14-15-27(29)39)20-22-10-12-23(13-11-22)35(47)48)31(26-8-5-9-28(41)32(26)42)33(43-30)34(46)44-38(36(49)50)16-6-7-25(18-38)51-4/h5-9,14-17,22-23,30-31,33,43H,10-13,18-21H2,1-4H3,(H,44,46)(H,47,48)(H,49,50)/t22?,23?,30-,31-,33+,38?,39-/m0/s1. The third-order valence-electron chi connectivity index (χ3n) is 11.3. The summed E-state index contributed by atoms with van der Waals surface area (Å²) in [6, 6.07) is 9.12. The van der Waals surface area contributed by atoms with Crippen molar-refractivity contribution in [2.24, 2.45) is 17.3 Å². The predicted molar refractivity (Wildman–Crippen MR) is 195 cm³/mol. The summed E-state index contributed by atoms with van der Waals surface area (Å²) < 4.78 is 21.8. The maximum absolute atomic E-state index is 16.5. The van der Waals surface area contributed by atoms with Crippen LogP contribution in [0.15, 0.2) is 60.4 Å². The number of hydrogen-bond donors (Lipinski definition) is 4. The molecule has 2 heterocycles. The number of halogens is 3. The van der Waals surface area contributed by atoms with E-state index in [1.54, 1.807) is 24.3 Å². The monoisotopic (exact) mass is 741 g/mol. The van der Waals surface area contributed by atoms with Crippen LogP contribution < -0.4 is 15.5 Å². The highest BCUT2D eigenvalue weighted by atomic mass is 35.5. The summed E-state index contributed by atoms with van der Waals surface area (Å²) >= 11 is 13.1. The average molecular weight is 743 g/mol. The molecule has 1 unspecified atom stereocenters. The van der Waals surface area contributed by atoms with Gasteiger partial charge in [-0.2, -0.15) is 0 Å². The van der Waals surface area contributed by atoms with Gasteiger partial charge in [-0.1, -0.05) is 68.2 Å². The first-order valence-electron chi connectivity index (χ1n) is 17.5. The number of carboxylic acid groups (broad SMARTS) is 2. The number of carboxylic acids is 2. The Bertz CT molecular complexity index is 1770. The second-order valence-corrected chi connectivity index (χ2v) is 16.7. The Morgan fingerprint density at radius 2 is 1.82 bits per heavy atom. The van der Waals surface area contributed by atoms with Gasteiger partial charge >= 0.3 is 11.9 Å². The molecule has 12 heteroatoms. The highest BCUT2D eigenvalue weighted by Gasteiger charge is 2.63. The van der Waals surface area contributed by atoms with E-state index < -0.39 is 46.6 Å². The molecule has 2 aliphatic carbocycles. The Morgan fingerprint density at radius 3 is 2.47 bits per heavy atom. The summed E-state index contributed by atoms with van der Waals surface area (Å²) in [5.41, 5.74) is -0.817. The van der Waals surface area contributed by atoms with E-state index in [1.807, 2.05) is 18.2 Å². The summed E-state index contributed by atoms with van der Waals surface area (Å²) in [4.78, 5) is 41.5. The van der Waals surface area contributed by atoms with Crippen molar-refractivity contribution in [3.8, 4) is 0 Å². The van der Waals surface area contributed by atoms with Crippen molar-refractivity contribution in [1.29, 1.82) is 0 Å². The van der Waals surface area contributed by atoms with Gasteiger partial charge in [0.25, 0.3) is 0 Å². The zero-order valence-corrected chi connectivity index (χ0v) is 30.9. The van der Waals surface area contributed by atoms with E-state index in [0.717, 1.165) is 24.1 Å². The van der Waals surface area contributed by atoms with Crippen LogP contribution in [0.5, 0.6) is 0 Å². The van der Waals surface area contributed by atoms with Crippen LogP contribution in [0.3, 0.4) is 0 Å². The van der Waals surface area contributed by atoms with Gasteiger partial charge in [0.05, 0.1) is 29.9 Å². The molecule has 0 radical (unpaired) electrons. The molecule has 4 aliphatic rings. The normalized spacial score (nSPS) is 30.2. The van der Waals surface area contributed by atoms with Crippen molar-refractivity contribution >= 4 is 46.7 Å². The lowest BCUT2D eigenvalue weighted by Gasteiger charge is -2.41. The Kier molecular flexibility index (Phi) is 10.3. The summed E-state index contributed by atoms with van der Waals surface area (Å²) in [7, 11) is 1.45. The van der Waals surface area contributed by atoms with Crippen molar-refractivity contribution in [1.82, 2.24) is 10.6 Å². The van der Waals surface area contributed by atoms with Gasteiger partial charge < -0.3 is 30.5 Å². The number of carbonyl (C=O) groups is 3. The lowest BCUT2D eigenvalue weighted by Crippen LogP contribution is -2.58. The second-order valence-electron chi connectivity index (χ2n) is 15.9. The third-order valence-corrected chi connectivity index (χ3v) is 11.9. The van der Waals surface area contributed by atoms with Gasteiger partial charge in [-0.15, -0.1) is 0 Å². The van der Waals surface area contributed by atoms with E-state index >= 15 is 4.39 Å². The number of aliphatic carboxylic acids is 2. The Labute approximate surface area is 308 Å². The van der Waals surface area contributed by atoms with Crippen LogP contribution in [0.4, 0.5) is 10.1 Å². The van der Waals surface area contributed by atoms with Gasteiger partial charge in [0.2, 0.25) is 5.91 Å². The number of nitrogens with one attached hydrogen (secondary N) is 2. The first-order valence-corrected chi connectivity index (χ1v) is 18.3. The summed E-state index contributed by atoms with van der Waals surface area (Å²) in [6.45, 7) is 7.42. The Balaban J connectivity index is 1.48. The Morgan fingerprint density at radius 1 is 1.10 bits per heavy atom. The van der Waals surface area contributed by atoms with Gasteiger partial charge in [0.1, 0.15) is 5.82 Å².